The van der Waals surface area contributed by atoms with E-state index in [2.05, 4.69) is 17.2 Å². The van der Waals surface area contributed by atoms with E-state index in [0.29, 0.717) is 12.3 Å². The van der Waals surface area contributed by atoms with Crippen LogP contribution in [-0.2, 0) is 0 Å². The van der Waals surface area contributed by atoms with Gasteiger partial charge in [0.25, 0.3) is 0 Å². The molecule has 0 amide bonds. The van der Waals surface area contributed by atoms with Gasteiger partial charge in [0.15, 0.2) is 4.98 Å². The second-order valence-electron chi connectivity index (χ2n) is 3.15. The first-order valence-electron chi connectivity index (χ1n) is 5.15. The van der Waals surface area contributed by atoms with Crippen molar-refractivity contribution < 1.29 is 4.74 Å². The molecule has 1 aromatic rings. The first-order valence-corrected chi connectivity index (χ1v) is 5.15. The van der Waals surface area contributed by atoms with Gasteiger partial charge in [-0.15, -0.1) is 0 Å². The molecule has 1 aromatic carbocycles. The maximum atomic E-state index is 8.48. The molecule has 0 aromatic heterocycles. The minimum absolute atomic E-state index is 0.537. The van der Waals surface area contributed by atoms with E-state index in [1.807, 2.05) is 0 Å². The van der Waals surface area contributed by atoms with Crippen LogP contribution in [0, 0.1) is 5.39 Å². The van der Waals surface area contributed by atoms with Crippen LogP contribution in [0.2, 0.25) is 0 Å². The molecule has 0 aliphatic carbocycles. The molecule has 0 saturated heterocycles. The first-order chi connectivity index (χ1) is 7.36. The van der Waals surface area contributed by atoms with Gasteiger partial charge in [0.1, 0.15) is 5.75 Å². The molecule has 4 heteroatoms. The van der Waals surface area contributed by atoms with Gasteiger partial charge in [-0.1, -0.05) is 6.92 Å². The van der Waals surface area contributed by atoms with E-state index in [4.69, 9.17) is 10.1 Å². The molecule has 0 aliphatic rings. The number of hydrogen-bond acceptors (Lipinski definition) is 3. The Morgan fingerprint density at radius 1 is 1.33 bits per heavy atom. The third-order valence-electron chi connectivity index (χ3n) is 1.97. The van der Waals surface area contributed by atoms with E-state index in [-0.39, 0.29) is 0 Å². The molecule has 0 unspecified atom stereocenters. The molecule has 0 radical (unpaired) electrons. The second-order valence-corrected chi connectivity index (χ2v) is 3.15. The lowest BCUT2D eigenvalue weighted by Gasteiger charge is -2.05. The summed E-state index contributed by atoms with van der Waals surface area (Å²) in [5.41, 5.74) is 0.537. The number of hydrogen-bond donors (Lipinski definition) is 1. The standard InChI is InChI=1S/C11H16N3O/c1-2-13-8-3-9-15-11-6-4-10(14-12)5-7-11/h4-7,13H,2-3,8-9H2,1H3/q+1. The van der Waals surface area contributed by atoms with Gasteiger partial charge in [-0.05, 0) is 31.6 Å². The molecule has 0 heterocycles. The van der Waals surface area contributed by atoms with Crippen molar-refractivity contribution in [1.82, 2.24) is 5.32 Å². The number of nitrogens with one attached hydrogen (secondary N) is 1. The largest absolute Gasteiger partial charge is 0.494 e. The van der Waals surface area contributed by atoms with Crippen LogP contribution in [0.3, 0.4) is 0 Å². The van der Waals surface area contributed by atoms with Crippen LogP contribution < -0.4 is 10.1 Å². The molecule has 15 heavy (non-hydrogen) atoms. The molecule has 80 valence electrons. The van der Waals surface area contributed by atoms with Gasteiger partial charge in [-0.3, -0.25) is 0 Å². The topological polar surface area (TPSA) is 49.4 Å². The zero-order valence-corrected chi connectivity index (χ0v) is 8.94. The molecule has 0 saturated carbocycles. The van der Waals surface area contributed by atoms with Crippen LogP contribution in [0.15, 0.2) is 24.3 Å². The molecule has 0 aliphatic heterocycles. The van der Waals surface area contributed by atoms with Crippen LogP contribution >= 0.6 is 0 Å². The first kappa shape index (κ1) is 11.5. The van der Waals surface area contributed by atoms with E-state index in [0.717, 1.165) is 25.3 Å². The summed E-state index contributed by atoms with van der Waals surface area (Å²) in [5.74, 6) is 0.805. The summed E-state index contributed by atoms with van der Waals surface area (Å²) in [4.78, 5) is 3.07. The molecule has 0 bridgehead atoms. The molecular formula is C11H16N3O+. The molecule has 0 fully saturated rings. The minimum atomic E-state index is 0.537. The predicted molar refractivity (Wildman–Crippen MR) is 59.8 cm³/mol. The highest BCUT2D eigenvalue weighted by molar-refractivity contribution is 5.46. The SMILES string of the molecule is CCNCCCOc1ccc([N+]#N)cc1. The maximum absolute atomic E-state index is 8.48. The predicted octanol–water partition coefficient (Wildman–Crippen LogP) is 2.55. The fourth-order valence-corrected chi connectivity index (χ4v) is 1.17. The molecule has 1 rings (SSSR count). The highest BCUT2D eigenvalue weighted by atomic mass is 16.5. The summed E-state index contributed by atoms with van der Waals surface area (Å²) in [7, 11) is 0. The number of diazo groups is 1. The fourth-order valence-electron chi connectivity index (χ4n) is 1.17. The number of nitrogens with zero attached hydrogens (tertiary/aromatic N) is 2. The third kappa shape index (κ3) is 4.43. The van der Waals surface area contributed by atoms with Crippen LogP contribution in [0.25, 0.3) is 4.98 Å². The Hall–Kier alpha value is -1.60. The van der Waals surface area contributed by atoms with Crippen molar-refractivity contribution in [2.45, 2.75) is 13.3 Å². The van der Waals surface area contributed by atoms with Gasteiger partial charge in [0.2, 0.25) is 5.39 Å². The minimum Gasteiger partial charge on any atom is -0.494 e. The van der Waals surface area contributed by atoms with E-state index in [1.165, 1.54) is 0 Å². The molecule has 4 nitrogen and oxygen atoms in total. The summed E-state index contributed by atoms with van der Waals surface area (Å²) >= 11 is 0. The van der Waals surface area contributed by atoms with Crippen LogP contribution in [0.4, 0.5) is 5.69 Å². The Morgan fingerprint density at radius 3 is 2.67 bits per heavy atom. The zero-order chi connectivity index (χ0) is 10.9. The van der Waals surface area contributed by atoms with Crippen molar-refractivity contribution in [1.29, 1.82) is 5.39 Å². The Bertz CT molecular complexity index is 316. The lowest BCUT2D eigenvalue weighted by Crippen LogP contribution is -2.16. The Kier molecular flexibility index (Phi) is 5.20. The normalized spacial score (nSPS) is 9.60. The summed E-state index contributed by atoms with van der Waals surface area (Å²) < 4.78 is 5.49. The van der Waals surface area contributed by atoms with Crippen molar-refractivity contribution in [2.24, 2.45) is 0 Å². The number of ether oxygens (including phenoxy) is 1. The van der Waals surface area contributed by atoms with E-state index < -0.39 is 0 Å². The average molecular weight is 206 g/mol. The molecule has 0 spiro atoms. The van der Waals surface area contributed by atoms with Crippen molar-refractivity contribution in [3.05, 3.63) is 29.2 Å². The van der Waals surface area contributed by atoms with Gasteiger partial charge >= 0.3 is 5.69 Å². The second kappa shape index (κ2) is 6.80. The smallest absolute Gasteiger partial charge is 0.385 e. The number of benzene rings is 1. The van der Waals surface area contributed by atoms with Crippen LogP contribution in [-0.4, -0.2) is 19.7 Å². The van der Waals surface area contributed by atoms with Gasteiger partial charge in [0, 0.05) is 12.1 Å². The molecule has 0 atom stereocenters. The van der Waals surface area contributed by atoms with Crippen molar-refractivity contribution in [3.8, 4) is 5.75 Å². The quantitative estimate of drug-likeness (QED) is 0.574. The van der Waals surface area contributed by atoms with Crippen molar-refractivity contribution >= 4 is 5.69 Å². The van der Waals surface area contributed by atoms with E-state index in [9.17, 15) is 0 Å². The Balaban J connectivity index is 2.23. The Labute approximate surface area is 89.9 Å². The van der Waals surface area contributed by atoms with Gasteiger partial charge in [-0.2, -0.15) is 0 Å². The summed E-state index contributed by atoms with van der Waals surface area (Å²) in [6.45, 7) is 4.74. The maximum Gasteiger partial charge on any atom is 0.385 e. The van der Waals surface area contributed by atoms with E-state index >= 15 is 0 Å². The third-order valence-corrected chi connectivity index (χ3v) is 1.97. The van der Waals surface area contributed by atoms with Crippen LogP contribution in [0.1, 0.15) is 13.3 Å². The Morgan fingerprint density at radius 2 is 2.07 bits per heavy atom. The lowest BCUT2D eigenvalue weighted by atomic mass is 10.3. The zero-order valence-electron chi connectivity index (χ0n) is 8.94. The lowest BCUT2D eigenvalue weighted by molar-refractivity contribution is 0.309. The summed E-state index contributed by atoms with van der Waals surface area (Å²) in [5, 5.41) is 11.7. The highest BCUT2D eigenvalue weighted by Crippen LogP contribution is 2.17. The van der Waals surface area contributed by atoms with Gasteiger partial charge in [-0.25, -0.2) is 0 Å². The average Bonchev–Trinajstić information content (AvgIpc) is 2.30. The summed E-state index contributed by atoms with van der Waals surface area (Å²) in [6, 6.07) is 7.00. The molecular weight excluding hydrogens is 190 g/mol. The van der Waals surface area contributed by atoms with Crippen molar-refractivity contribution in [3.63, 3.8) is 0 Å². The van der Waals surface area contributed by atoms with Crippen LogP contribution in [0.5, 0.6) is 5.75 Å². The van der Waals surface area contributed by atoms with Crippen molar-refractivity contribution in [2.75, 3.05) is 19.7 Å². The monoisotopic (exact) mass is 206 g/mol. The van der Waals surface area contributed by atoms with E-state index in [1.54, 1.807) is 24.3 Å². The molecule has 1 N–H and O–H groups in total. The highest BCUT2D eigenvalue weighted by Gasteiger charge is 2.02. The van der Waals surface area contributed by atoms with Gasteiger partial charge < -0.3 is 10.1 Å². The fraction of sp³-hybridized carbons (Fsp3) is 0.455. The summed E-state index contributed by atoms with van der Waals surface area (Å²) in [6.07, 6.45) is 0.986. The number of rotatable bonds is 6. The van der Waals surface area contributed by atoms with Gasteiger partial charge in [0.05, 0.1) is 6.61 Å².